The van der Waals surface area contributed by atoms with Gasteiger partial charge in [0.2, 0.25) is 0 Å². The molecule has 1 fully saturated rings. The van der Waals surface area contributed by atoms with Crippen molar-refractivity contribution in [3.63, 3.8) is 0 Å². The molecule has 2 N–H and O–H groups in total. The van der Waals surface area contributed by atoms with Crippen LogP contribution >= 0.6 is 7.82 Å². The molecule has 0 aliphatic carbocycles. The lowest BCUT2D eigenvalue weighted by Crippen LogP contribution is -2.52. The number of urea groups is 1. The molecule has 122 valence electrons. The van der Waals surface area contributed by atoms with Crippen LogP contribution in [0, 0.1) is 0 Å². The van der Waals surface area contributed by atoms with Crippen molar-refractivity contribution in [1.82, 2.24) is 15.1 Å². The Balaban J connectivity index is 1.64. The number of aliphatic hydroxyl groups is 1. The fraction of sp³-hybridized carbons (Fsp3) is 0.545. The number of carbonyl (C=O) groups is 1. The number of ether oxygens (including phenoxy) is 1. The molecular weight excluding hydrogens is 317 g/mol. The van der Waals surface area contributed by atoms with Crippen molar-refractivity contribution >= 4 is 13.9 Å². The van der Waals surface area contributed by atoms with Gasteiger partial charge in [-0.3, -0.25) is 9.80 Å². The average Bonchev–Trinajstić information content (AvgIpc) is 3.03. The topological polar surface area (TPSA) is 137 Å². The molecule has 11 heteroatoms. The summed E-state index contributed by atoms with van der Waals surface area (Å²) in [6.07, 6.45) is 2.28. The number of phosphoric ester groups is 1. The third-order valence-electron chi connectivity index (χ3n) is 3.54. The van der Waals surface area contributed by atoms with Gasteiger partial charge in [0.25, 0.3) is 0 Å². The zero-order chi connectivity index (χ0) is 15.9. The van der Waals surface area contributed by atoms with Gasteiger partial charge in [0.1, 0.15) is 11.9 Å². The van der Waals surface area contributed by atoms with Gasteiger partial charge >= 0.3 is 6.03 Å². The standard InChI is InChI=1S/C11H16N3O7P/c15-8-5-7(6-20-22(17,18)19)21-10(8)14-3-1-9-12-2-4-13(9)11(14)16/h1-2,4,7-8,10,12,15H,3,5-6H2,(H2,17,18,19)/p-2/t7-,8+,10+/m0/s1. The highest BCUT2D eigenvalue weighted by molar-refractivity contribution is 7.43. The van der Waals surface area contributed by atoms with E-state index >= 15 is 0 Å². The van der Waals surface area contributed by atoms with Gasteiger partial charge in [0.05, 0.1) is 20.5 Å². The largest absolute Gasteiger partial charge is 0.790 e. The van der Waals surface area contributed by atoms with Gasteiger partial charge in [-0.05, 0) is 6.08 Å². The Morgan fingerprint density at radius 2 is 2.32 bits per heavy atom. The molecule has 22 heavy (non-hydrogen) atoms. The number of carbonyl (C=O) groups excluding carboxylic acids is 1. The molecule has 10 nitrogen and oxygen atoms in total. The Morgan fingerprint density at radius 3 is 3.05 bits per heavy atom. The van der Waals surface area contributed by atoms with E-state index in [0.717, 1.165) is 0 Å². The molecule has 3 aliphatic heterocycles. The first-order valence-corrected chi connectivity index (χ1v) is 8.04. The Labute approximate surface area is 125 Å². The van der Waals surface area contributed by atoms with Crippen molar-refractivity contribution in [2.24, 2.45) is 0 Å². The van der Waals surface area contributed by atoms with Crippen molar-refractivity contribution in [2.45, 2.75) is 24.9 Å². The molecule has 0 spiro atoms. The zero-order valence-electron chi connectivity index (χ0n) is 11.3. The van der Waals surface area contributed by atoms with Crippen LogP contribution in [0.4, 0.5) is 4.79 Å². The minimum absolute atomic E-state index is 0.0686. The molecule has 3 heterocycles. The van der Waals surface area contributed by atoms with Crippen LogP contribution < -0.4 is 15.1 Å². The summed E-state index contributed by atoms with van der Waals surface area (Å²) in [5.74, 6) is 0.632. The molecule has 0 aromatic carbocycles. The third-order valence-corrected chi connectivity index (χ3v) is 4.00. The smallest absolute Gasteiger partial charge is 0.332 e. The molecule has 0 bridgehead atoms. The van der Waals surface area contributed by atoms with Gasteiger partial charge in [-0.15, -0.1) is 0 Å². The lowest BCUT2D eigenvalue weighted by atomic mass is 10.2. The van der Waals surface area contributed by atoms with Gasteiger partial charge in [-0.1, -0.05) is 0 Å². The van der Waals surface area contributed by atoms with Crippen molar-refractivity contribution in [1.29, 1.82) is 0 Å². The van der Waals surface area contributed by atoms with Crippen molar-refractivity contribution < 1.29 is 33.5 Å². The lowest BCUT2D eigenvalue weighted by Gasteiger charge is -2.35. The van der Waals surface area contributed by atoms with E-state index in [1.807, 2.05) is 0 Å². The van der Waals surface area contributed by atoms with Crippen LogP contribution in [0.15, 0.2) is 24.3 Å². The second-order valence-electron chi connectivity index (χ2n) is 5.05. The number of amides is 2. The van der Waals surface area contributed by atoms with Crippen molar-refractivity contribution in [2.75, 3.05) is 13.2 Å². The molecule has 0 saturated carbocycles. The molecule has 3 aliphatic rings. The van der Waals surface area contributed by atoms with Gasteiger partial charge in [0.15, 0.2) is 6.23 Å². The number of hydrogen-bond acceptors (Lipinski definition) is 8. The number of aliphatic hydroxyl groups excluding tert-OH is 1. The summed E-state index contributed by atoms with van der Waals surface area (Å²) in [7, 11) is -5.09. The molecule has 0 aromatic heterocycles. The number of phosphoric acid groups is 1. The van der Waals surface area contributed by atoms with Crippen LogP contribution in [0.1, 0.15) is 6.42 Å². The molecule has 1 saturated heterocycles. The molecule has 3 atom stereocenters. The first-order chi connectivity index (χ1) is 10.3. The number of hydrogen-bond donors (Lipinski definition) is 2. The van der Waals surface area contributed by atoms with Crippen LogP contribution in [0.25, 0.3) is 0 Å². The van der Waals surface area contributed by atoms with E-state index in [1.165, 1.54) is 9.80 Å². The third kappa shape index (κ3) is 3.02. The van der Waals surface area contributed by atoms with E-state index in [9.17, 15) is 24.3 Å². The summed E-state index contributed by atoms with van der Waals surface area (Å²) in [5, 5.41) is 12.9. The van der Waals surface area contributed by atoms with E-state index in [0.29, 0.717) is 5.82 Å². The van der Waals surface area contributed by atoms with Crippen LogP contribution in [-0.4, -0.2) is 52.5 Å². The van der Waals surface area contributed by atoms with E-state index in [2.05, 4.69) is 9.84 Å². The lowest BCUT2D eigenvalue weighted by molar-refractivity contribution is -0.343. The van der Waals surface area contributed by atoms with Crippen LogP contribution in [0.3, 0.4) is 0 Å². The highest BCUT2D eigenvalue weighted by Gasteiger charge is 2.43. The Hall–Kier alpha value is -1.42. The van der Waals surface area contributed by atoms with Gasteiger partial charge < -0.3 is 34.0 Å². The molecule has 2 amide bonds. The van der Waals surface area contributed by atoms with Crippen LogP contribution in [-0.2, 0) is 13.8 Å². The summed E-state index contributed by atoms with van der Waals surface area (Å²) >= 11 is 0. The minimum atomic E-state index is -5.09. The summed E-state index contributed by atoms with van der Waals surface area (Å²) in [5.41, 5.74) is 0. The van der Waals surface area contributed by atoms with Gasteiger partial charge in [-0.2, -0.15) is 0 Å². The van der Waals surface area contributed by atoms with Crippen molar-refractivity contribution in [3.05, 3.63) is 24.3 Å². The SMILES string of the molecule is O=C1N2C=CNC2=CCN1[C@@H]1O[C@H](COP(=O)([O-])[O-])C[C@H]1O. The first-order valence-electron chi connectivity index (χ1n) is 6.58. The second kappa shape index (κ2) is 5.65. The zero-order valence-corrected chi connectivity index (χ0v) is 12.2. The predicted molar refractivity (Wildman–Crippen MR) is 67.1 cm³/mol. The molecular formula is C11H14N3O7P-2. The van der Waals surface area contributed by atoms with Crippen molar-refractivity contribution in [3.8, 4) is 0 Å². The van der Waals surface area contributed by atoms with Crippen LogP contribution in [0.5, 0.6) is 0 Å². The summed E-state index contributed by atoms with van der Waals surface area (Å²) in [6, 6.07) is -0.373. The van der Waals surface area contributed by atoms with Gasteiger partial charge in [0, 0.05) is 25.4 Å². The van der Waals surface area contributed by atoms with E-state index in [1.54, 1.807) is 18.5 Å². The second-order valence-corrected chi connectivity index (χ2v) is 6.20. The van der Waals surface area contributed by atoms with E-state index < -0.39 is 32.9 Å². The molecule has 0 aromatic rings. The highest BCUT2D eigenvalue weighted by Crippen LogP contribution is 2.31. The normalized spacial score (nSPS) is 31.3. The Kier molecular flexibility index (Phi) is 3.98. The molecule has 0 unspecified atom stereocenters. The molecule has 3 rings (SSSR count). The summed E-state index contributed by atoms with van der Waals surface area (Å²) in [4.78, 5) is 35.9. The average molecular weight is 331 g/mol. The maximum absolute atomic E-state index is 12.3. The Bertz CT molecular complexity index is 574. The number of fused-ring (bicyclic) bond motifs is 1. The van der Waals surface area contributed by atoms with Crippen LogP contribution in [0.2, 0.25) is 0 Å². The minimum Gasteiger partial charge on any atom is -0.790 e. The fourth-order valence-corrected chi connectivity index (χ4v) is 2.93. The number of nitrogens with one attached hydrogen (secondary N) is 1. The predicted octanol–water partition coefficient (Wildman–Crippen LogP) is -2.04. The quantitative estimate of drug-likeness (QED) is 0.562. The number of nitrogens with zero attached hydrogens (tertiary/aromatic N) is 2. The van der Waals surface area contributed by atoms with E-state index in [-0.39, 0.29) is 19.0 Å². The maximum Gasteiger partial charge on any atom is 0.332 e. The van der Waals surface area contributed by atoms with Gasteiger partial charge in [-0.25, -0.2) is 4.79 Å². The molecule has 0 radical (unpaired) electrons. The monoisotopic (exact) mass is 331 g/mol. The summed E-state index contributed by atoms with van der Waals surface area (Å²) in [6.45, 7) is -0.248. The highest BCUT2D eigenvalue weighted by atomic mass is 31.2. The number of rotatable bonds is 4. The first kappa shape index (κ1) is 15.5. The van der Waals surface area contributed by atoms with E-state index in [4.69, 9.17) is 4.74 Å². The Morgan fingerprint density at radius 1 is 1.55 bits per heavy atom. The summed E-state index contributed by atoms with van der Waals surface area (Å²) < 4.78 is 20.1. The maximum atomic E-state index is 12.3. The fourth-order valence-electron chi connectivity index (χ4n) is 2.58.